The summed E-state index contributed by atoms with van der Waals surface area (Å²) in [5.74, 6) is 0.218. The average Bonchev–Trinajstić information content (AvgIpc) is 3.19. The third-order valence-corrected chi connectivity index (χ3v) is 4.68. The number of carbonyl (C=O) groups is 1. The maximum atomic E-state index is 12.3. The molecule has 21 heavy (non-hydrogen) atoms. The van der Waals surface area contributed by atoms with Gasteiger partial charge in [-0.15, -0.1) is 0 Å². The van der Waals surface area contributed by atoms with Crippen molar-refractivity contribution in [1.29, 1.82) is 0 Å². The van der Waals surface area contributed by atoms with Crippen LogP contribution in [0.25, 0.3) is 11.3 Å². The Morgan fingerprint density at radius 1 is 1.29 bits per heavy atom. The van der Waals surface area contributed by atoms with Crippen LogP contribution < -0.4 is 0 Å². The lowest BCUT2D eigenvalue weighted by atomic mass is 10.2. The zero-order chi connectivity index (χ0) is 14.7. The highest BCUT2D eigenvalue weighted by molar-refractivity contribution is 8.00. The molecule has 1 aliphatic heterocycles. The summed E-state index contributed by atoms with van der Waals surface area (Å²) >= 11 is 1.50. The van der Waals surface area contributed by atoms with E-state index in [2.05, 4.69) is 9.97 Å². The fourth-order valence-electron chi connectivity index (χ4n) is 2.54. The van der Waals surface area contributed by atoms with Gasteiger partial charge in [0.1, 0.15) is 0 Å². The van der Waals surface area contributed by atoms with Crippen LogP contribution in [0.4, 0.5) is 0 Å². The van der Waals surface area contributed by atoms with E-state index in [0.717, 1.165) is 42.3 Å². The minimum absolute atomic E-state index is 0.0992. The number of H-pyrrole nitrogens is 1. The maximum Gasteiger partial charge on any atom is 0.235 e. The smallest absolute Gasteiger partial charge is 0.235 e. The van der Waals surface area contributed by atoms with Crippen LogP contribution in [-0.2, 0) is 4.79 Å². The van der Waals surface area contributed by atoms with Crippen molar-refractivity contribution in [1.82, 2.24) is 14.9 Å². The van der Waals surface area contributed by atoms with Gasteiger partial charge in [0.05, 0.1) is 17.1 Å². The number of hydrogen-bond acceptors (Lipinski definition) is 3. The predicted octanol–water partition coefficient (Wildman–Crippen LogP) is 3.18. The molecule has 5 heteroatoms. The fourth-order valence-corrected chi connectivity index (χ4v) is 3.41. The molecular formula is C16H19N3OS. The van der Waals surface area contributed by atoms with E-state index in [9.17, 15) is 4.79 Å². The predicted molar refractivity (Wildman–Crippen MR) is 85.2 cm³/mol. The van der Waals surface area contributed by atoms with Crippen LogP contribution in [0.2, 0.25) is 0 Å². The van der Waals surface area contributed by atoms with Crippen LogP contribution >= 0.6 is 11.8 Å². The summed E-state index contributed by atoms with van der Waals surface area (Å²) in [5, 5.41) is 0.701. The fraction of sp³-hybridized carbons (Fsp3) is 0.375. The van der Waals surface area contributed by atoms with E-state index in [4.69, 9.17) is 0 Å². The van der Waals surface area contributed by atoms with Crippen LogP contribution in [0.1, 0.15) is 19.8 Å². The summed E-state index contributed by atoms with van der Waals surface area (Å²) in [6.07, 6.45) is 4.08. The molecule has 0 aliphatic carbocycles. The van der Waals surface area contributed by atoms with Gasteiger partial charge in [0, 0.05) is 13.1 Å². The van der Waals surface area contributed by atoms with Gasteiger partial charge in [-0.05, 0) is 25.3 Å². The van der Waals surface area contributed by atoms with E-state index in [1.54, 1.807) is 0 Å². The normalized spacial score (nSPS) is 16.1. The van der Waals surface area contributed by atoms with E-state index < -0.39 is 0 Å². The first-order valence-corrected chi connectivity index (χ1v) is 8.18. The number of aromatic amines is 1. The second-order valence-corrected chi connectivity index (χ2v) is 6.59. The molecule has 3 rings (SSSR count). The van der Waals surface area contributed by atoms with Crippen LogP contribution in [0.15, 0.2) is 41.7 Å². The van der Waals surface area contributed by atoms with Crippen LogP contribution in [0.5, 0.6) is 0 Å². The largest absolute Gasteiger partial charge is 0.342 e. The Bertz CT molecular complexity index is 605. The lowest BCUT2D eigenvalue weighted by Crippen LogP contribution is -2.34. The number of carbonyl (C=O) groups excluding carboxylic acids is 1. The number of imidazole rings is 1. The highest BCUT2D eigenvalue weighted by atomic mass is 32.2. The first-order valence-electron chi connectivity index (χ1n) is 7.30. The van der Waals surface area contributed by atoms with Crippen molar-refractivity contribution in [2.45, 2.75) is 30.2 Å². The van der Waals surface area contributed by atoms with Gasteiger partial charge < -0.3 is 9.88 Å². The highest BCUT2D eigenvalue weighted by Crippen LogP contribution is 2.26. The van der Waals surface area contributed by atoms with E-state index in [1.165, 1.54) is 11.8 Å². The first-order chi connectivity index (χ1) is 10.2. The lowest BCUT2D eigenvalue weighted by Gasteiger charge is -2.19. The van der Waals surface area contributed by atoms with Gasteiger partial charge in [-0.2, -0.15) is 0 Å². The Kier molecular flexibility index (Phi) is 4.29. The Balaban J connectivity index is 1.65. The van der Waals surface area contributed by atoms with Crippen molar-refractivity contribution in [3.63, 3.8) is 0 Å². The summed E-state index contributed by atoms with van der Waals surface area (Å²) in [6.45, 7) is 3.75. The van der Waals surface area contributed by atoms with Crippen molar-refractivity contribution in [2.75, 3.05) is 13.1 Å². The summed E-state index contributed by atoms with van der Waals surface area (Å²) in [6, 6.07) is 10.1. The van der Waals surface area contributed by atoms with Crippen molar-refractivity contribution in [2.24, 2.45) is 0 Å². The van der Waals surface area contributed by atoms with Crippen molar-refractivity contribution in [3.8, 4) is 11.3 Å². The number of amides is 1. The Hall–Kier alpha value is -1.75. The lowest BCUT2D eigenvalue weighted by molar-refractivity contribution is -0.129. The topological polar surface area (TPSA) is 49.0 Å². The molecule has 1 saturated heterocycles. The average molecular weight is 301 g/mol. The third-order valence-electron chi connectivity index (χ3n) is 3.69. The number of benzene rings is 1. The Labute approximate surface area is 129 Å². The molecule has 0 saturated carbocycles. The quantitative estimate of drug-likeness (QED) is 0.882. The Morgan fingerprint density at radius 2 is 2.00 bits per heavy atom. The van der Waals surface area contributed by atoms with Gasteiger partial charge in [0.15, 0.2) is 5.16 Å². The highest BCUT2D eigenvalue weighted by Gasteiger charge is 2.24. The summed E-state index contributed by atoms with van der Waals surface area (Å²) < 4.78 is 0. The molecular weight excluding hydrogens is 282 g/mol. The van der Waals surface area contributed by atoms with Gasteiger partial charge in [0.2, 0.25) is 5.91 Å². The minimum atomic E-state index is -0.0992. The molecule has 2 heterocycles. The number of nitrogens with one attached hydrogen (secondary N) is 1. The van der Waals surface area contributed by atoms with Gasteiger partial charge in [-0.1, -0.05) is 42.1 Å². The molecule has 110 valence electrons. The van der Waals surface area contributed by atoms with Crippen molar-refractivity contribution < 1.29 is 4.79 Å². The molecule has 1 atom stereocenters. The molecule has 0 spiro atoms. The summed E-state index contributed by atoms with van der Waals surface area (Å²) in [4.78, 5) is 21.9. The van der Waals surface area contributed by atoms with Gasteiger partial charge in [-0.25, -0.2) is 4.98 Å². The SMILES string of the molecule is CC(Sc1ncc(-c2ccccc2)[nH]1)C(=O)N1CCCC1. The second kappa shape index (κ2) is 6.35. The molecule has 1 aromatic heterocycles. The van der Waals surface area contributed by atoms with Crippen molar-refractivity contribution in [3.05, 3.63) is 36.5 Å². The Morgan fingerprint density at radius 3 is 2.71 bits per heavy atom. The van der Waals surface area contributed by atoms with Crippen LogP contribution in [0, 0.1) is 0 Å². The molecule has 1 unspecified atom stereocenters. The number of thioether (sulfide) groups is 1. The number of rotatable bonds is 4. The minimum Gasteiger partial charge on any atom is -0.342 e. The van der Waals surface area contributed by atoms with E-state index >= 15 is 0 Å². The second-order valence-electron chi connectivity index (χ2n) is 5.26. The van der Waals surface area contributed by atoms with Gasteiger partial charge >= 0.3 is 0 Å². The molecule has 1 amide bonds. The molecule has 1 aliphatic rings. The van der Waals surface area contributed by atoms with Crippen LogP contribution in [-0.4, -0.2) is 39.1 Å². The number of hydrogen-bond donors (Lipinski definition) is 1. The summed E-state index contributed by atoms with van der Waals surface area (Å²) in [7, 11) is 0. The van der Waals surface area contributed by atoms with Gasteiger partial charge in [-0.3, -0.25) is 4.79 Å². The molecule has 2 aromatic rings. The number of aromatic nitrogens is 2. The molecule has 1 aromatic carbocycles. The number of nitrogens with zero attached hydrogens (tertiary/aromatic N) is 2. The maximum absolute atomic E-state index is 12.3. The zero-order valence-corrected chi connectivity index (χ0v) is 12.9. The third kappa shape index (κ3) is 3.29. The standard InChI is InChI=1S/C16H19N3OS/c1-12(15(20)19-9-5-6-10-19)21-16-17-11-14(18-16)13-7-3-2-4-8-13/h2-4,7-8,11-12H,5-6,9-10H2,1H3,(H,17,18). The van der Waals surface area contributed by atoms with E-state index in [-0.39, 0.29) is 11.2 Å². The van der Waals surface area contributed by atoms with Crippen molar-refractivity contribution >= 4 is 17.7 Å². The van der Waals surface area contributed by atoms with E-state index in [1.807, 2.05) is 48.4 Å². The molecule has 0 bridgehead atoms. The molecule has 1 N–H and O–H groups in total. The zero-order valence-electron chi connectivity index (χ0n) is 12.1. The molecule has 1 fully saturated rings. The number of likely N-dealkylation sites (tertiary alicyclic amines) is 1. The molecule has 0 radical (unpaired) electrons. The van der Waals surface area contributed by atoms with E-state index in [0.29, 0.717) is 0 Å². The molecule has 4 nitrogen and oxygen atoms in total. The van der Waals surface area contributed by atoms with Gasteiger partial charge in [0.25, 0.3) is 0 Å². The first kappa shape index (κ1) is 14.2. The summed E-state index contributed by atoms with van der Waals surface area (Å²) in [5.41, 5.74) is 2.09. The monoisotopic (exact) mass is 301 g/mol. The van der Waals surface area contributed by atoms with Crippen LogP contribution in [0.3, 0.4) is 0 Å².